The zero-order valence-electron chi connectivity index (χ0n) is 33.7. The maximum absolute atomic E-state index is 15.1. The number of nitrogens with two attached hydrogens (primary N) is 1. The molecule has 2 fully saturated rings. The number of nitrogens with zero attached hydrogens (tertiary/aromatic N) is 2. The second kappa shape index (κ2) is 13.4. The number of ether oxygens (including phenoxy) is 6. The summed E-state index contributed by atoms with van der Waals surface area (Å²) < 4.78 is 36.8. The van der Waals surface area contributed by atoms with Crippen LogP contribution in [-0.4, -0.2) is 103 Å². The molecular formula is C43H49N5O9S. The van der Waals surface area contributed by atoms with Crippen molar-refractivity contribution in [2.75, 3.05) is 47.0 Å². The van der Waals surface area contributed by atoms with Gasteiger partial charge < -0.3 is 44.2 Å². The Morgan fingerprint density at radius 1 is 1.07 bits per heavy atom. The molecule has 11 rings (SSSR count). The summed E-state index contributed by atoms with van der Waals surface area (Å²) in [4.78, 5) is 36.7. The van der Waals surface area contributed by atoms with Gasteiger partial charge in [-0.25, -0.2) is 4.79 Å². The van der Waals surface area contributed by atoms with E-state index >= 15 is 4.79 Å². The normalized spacial score (nSPS) is 29.7. The lowest BCUT2D eigenvalue weighted by Gasteiger charge is -2.63. The van der Waals surface area contributed by atoms with Crippen LogP contribution in [0.25, 0.3) is 10.9 Å². The summed E-state index contributed by atoms with van der Waals surface area (Å²) in [5.74, 6) is 2.17. The first kappa shape index (κ1) is 37.6. The first-order chi connectivity index (χ1) is 27.9. The van der Waals surface area contributed by atoms with Gasteiger partial charge in [-0.2, -0.15) is 0 Å². The molecule has 0 radical (unpaired) electrons. The molecule has 4 aromatic rings. The molecule has 4 bridgehead atoms. The highest BCUT2D eigenvalue weighted by Crippen LogP contribution is 2.64. The van der Waals surface area contributed by atoms with Gasteiger partial charge in [-0.15, -0.1) is 11.8 Å². The van der Waals surface area contributed by atoms with Crippen molar-refractivity contribution >= 4 is 34.6 Å². The molecule has 3 aromatic carbocycles. The number of benzene rings is 3. The average molecular weight is 812 g/mol. The minimum atomic E-state index is -1.33. The Bertz CT molecular complexity index is 2420. The molecular weight excluding hydrogens is 763 g/mol. The number of likely N-dealkylation sites (N-methyl/N-ethyl adjacent to an activating group) is 1. The second-order valence-corrected chi connectivity index (χ2v) is 17.7. The third-order valence-corrected chi connectivity index (χ3v) is 15.2. The number of nitrogens with one attached hydrogen (secondary N) is 2. The lowest BCUT2D eigenvalue weighted by Crippen LogP contribution is -2.69. The van der Waals surface area contributed by atoms with Crippen LogP contribution in [0.2, 0.25) is 0 Å². The van der Waals surface area contributed by atoms with Crippen molar-refractivity contribution in [1.82, 2.24) is 20.1 Å². The van der Waals surface area contributed by atoms with E-state index < -0.39 is 28.8 Å². The molecule has 15 heteroatoms. The number of phenols is 1. The van der Waals surface area contributed by atoms with Crippen molar-refractivity contribution in [1.29, 1.82) is 0 Å². The van der Waals surface area contributed by atoms with Gasteiger partial charge in [0.1, 0.15) is 18.1 Å². The maximum Gasteiger partial charge on any atom is 0.333 e. The van der Waals surface area contributed by atoms with Crippen molar-refractivity contribution in [2.24, 2.45) is 5.73 Å². The quantitative estimate of drug-likeness (QED) is 0.167. The molecule has 8 atom stereocenters. The molecule has 1 spiro atoms. The van der Waals surface area contributed by atoms with Crippen LogP contribution in [0.4, 0.5) is 0 Å². The predicted molar refractivity (Wildman–Crippen MR) is 216 cm³/mol. The van der Waals surface area contributed by atoms with E-state index in [1.165, 1.54) is 6.92 Å². The van der Waals surface area contributed by atoms with Crippen molar-refractivity contribution < 1.29 is 43.1 Å². The van der Waals surface area contributed by atoms with E-state index in [1.54, 1.807) is 26.0 Å². The molecule has 5 N–H and O–H groups in total. The second-order valence-electron chi connectivity index (χ2n) is 16.6. The highest BCUT2D eigenvalue weighted by atomic mass is 32.2. The molecule has 58 heavy (non-hydrogen) atoms. The van der Waals surface area contributed by atoms with E-state index in [0.717, 1.165) is 50.0 Å². The Balaban J connectivity index is 1.24. The zero-order valence-corrected chi connectivity index (χ0v) is 34.5. The van der Waals surface area contributed by atoms with E-state index in [-0.39, 0.29) is 55.1 Å². The molecule has 1 aromatic heterocycles. The summed E-state index contributed by atoms with van der Waals surface area (Å²) >= 11 is 1.61. The van der Waals surface area contributed by atoms with E-state index in [1.807, 2.05) is 32.0 Å². The fourth-order valence-electron chi connectivity index (χ4n) is 11.3. The lowest BCUT2D eigenvalue weighted by atomic mass is 9.71. The Hall–Kier alpha value is -4.67. The van der Waals surface area contributed by atoms with Gasteiger partial charge in [0.25, 0.3) is 0 Å². The fraction of sp³-hybridized carbons (Fsp3) is 0.488. The third kappa shape index (κ3) is 5.06. The minimum Gasteiger partial charge on any atom is -0.504 e. The van der Waals surface area contributed by atoms with E-state index in [4.69, 9.17) is 34.2 Å². The monoisotopic (exact) mass is 811 g/mol. The lowest BCUT2D eigenvalue weighted by molar-refractivity contribution is -0.158. The molecule has 0 aliphatic carbocycles. The summed E-state index contributed by atoms with van der Waals surface area (Å²) in [6.45, 7) is 7.77. The molecule has 306 valence electrons. The summed E-state index contributed by atoms with van der Waals surface area (Å²) in [6, 6.07) is 6.62. The van der Waals surface area contributed by atoms with E-state index in [0.29, 0.717) is 53.7 Å². The number of aromatic nitrogens is 1. The summed E-state index contributed by atoms with van der Waals surface area (Å²) in [6.07, 6.45) is 1.31. The largest absolute Gasteiger partial charge is 0.504 e. The number of carbonyl (C=O) groups excluding carboxylic acids is 2. The van der Waals surface area contributed by atoms with Crippen molar-refractivity contribution in [2.45, 2.75) is 87.6 Å². The van der Waals surface area contributed by atoms with Crippen molar-refractivity contribution in [3.05, 3.63) is 68.9 Å². The minimum absolute atomic E-state index is 0.00523. The number of fused-ring (bicyclic) bond motifs is 11. The van der Waals surface area contributed by atoms with E-state index in [9.17, 15) is 9.90 Å². The Morgan fingerprint density at radius 2 is 1.86 bits per heavy atom. The number of thioether (sulfide) groups is 1. The van der Waals surface area contributed by atoms with E-state index in [2.05, 4.69) is 40.1 Å². The van der Waals surface area contributed by atoms with Crippen LogP contribution >= 0.6 is 11.8 Å². The number of methoxy groups -OCH3 is 2. The summed E-state index contributed by atoms with van der Waals surface area (Å²) in [5, 5.41) is 16.4. The van der Waals surface area contributed by atoms with Gasteiger partial charge >= 0.3 is 11.9 Å². The van der Waals surface area contributed by atoms with Crippen LogP contribution in [0.1, 0.15) is 75.8 Å². The first-order valence-electron chi connectivity index (χ1n) is 19.9. The summed E-state index contributed by atoms with van der Waals surface area (Å²) in [7, 11) is 5.36. The average Bonchev–Trinajstić information content (AvgIpc) is 3.85. The number of hydrogen-bond donors (Lipinski definition) is 4. The number of esters is 2. The Morgan fingerprint density at radius 3 is 2.60 bits per heavy atom. The fourth-order valence-corrected chi connectivity index (χ4v) is 12.9. The number of phenolic OH excluding ortho intramolecular Hbond substituents is 1. The van der Waals surface area contributed by atoms with Crippen LogP contribution < -0.4 is 34.7 Å². The molecule has 1 unspecified atom stereocenters. The molecule has 0 saturated carbocycles. The Labute approximate surface area is 340 Å². The van der Waals surface area contributed by atoms with Gasteiger partial charge in [-0.3, -0.25) is 19.9 Å². The van der Waals surface area contributed by atoms with Crippen molar-refractivity contribution in [3.63, 3.8) is 0 Å². The highest BCUT2D eigenvalue weighted by molar-refractivity contribution is 7.99. The topological polar surface area (TPSA) is 170 Å². The van der Waals surface area contributed by atoms with Gasteiger partial charge in [0.2, 0.25) is 6.79 Å². The maximum atomic E-state index is 15.1. The highest BCUT2D eigenvalue weighted by Gasteiger charge is 2.61. The van der Waals surface area contributed by atoms with Gasteiger partial charge in [-0.05, 0) is 75.5 Å². The zero-order chi connectivity index (χ0) is 40.5. The number of rotatable bonds is 4. The van der Waals surface area contributed by atoms with Crippen LogP contribution in [0.15, 0.2) is 24.3 Å². The molecule has 0 amide bonds. The number of aromatic amines is 1. The summed E-state index contributed by atoms with van der Waals surface area (Å²) in [5.41, 5.74) is 12.8. The first-order valence-corrected chi connectivity index (χ1v) is 21.0. The number of piperazine rings is 1. The van der Waals surface area contributed by atoms with Crippen LogP contribution in [0.3, 0.4) is 0 Å². The molecule has 2 saturated heterocycles. The number of aryl methyl sites for hydroxylation is 1. The smallest absolute Gasteiger partial charge is 0.333 e. The number of aromatic hydroxyl groups is 1. The molecule has 7 aliphatic rings. The van der Waals surface area contributed by atoms with Gasteiger partial charge in [0.15, 0.2) is 28.5 Å². The SMILES string of the molecule is COc1ccc2[nH]c3c(c2c1)C[C@H](CN)N[C@]31CS[C@@H]2c3c(OC(C)=O)c(C)c4c(c3C(COC1=O)N1[C@@H]2[C@H]2c3c(cc(C)c(OC)c3O)C[C@@H]([C@@H]1C)N2C)OCO4. The molecule has 14 nitrogen and oxygen atoms in total. The number of hydrogen-bond acceptors (Lipinski definition) is 14. The van der Waals surface area contributed by atoms with Crippen LogP contribution in [-0.2, 0) is 32.7 Å². The molecule has 8 heterocycles. The Kier molecular flexibility index (Phi) is 8.70. The number of H-pyrrole nitrogens is 1. The van der Waals surface area contributed by atoms with Gasteiger partial charge in [-0.1, -0.05) is 6.07 Å². The van der Waals surface area contributed by atoms with Crippen LogP contribution in [0, 0.1) is 13.8 Å². The standard InChI is InChI=1S/C43H49N5O9S/c1-18-10-22-11-28-20(3)48-29-15-54-42(51)43(41-26(12-23(14-44)46-43)25-13-24(52-6)8-9-27(25)45-41)16-58-40(34(48)33(47(28)5)30(22)35(50)36(18)53-7)32-31(29)39-38(55-17-56-39)19(2)37(32)57-21(4)49/h8-10,13,20,23,28-29,33-34,40,45-46,50H,11-12,14-17,44H2,1-7H3/t20-,23+,28-,29?,33+,34+,40+,43+/m0/s1. The van der Waals surface area contributed by atoms with Gasteiger partial charge in [0.05, 0.1) is 37.2 Å². The van der Waals surface area contributed by atoms with Gasteiger partial charge in [0, 0.05) is 76.5 Å². The third-order valence-electron chi connectivity index (χ3n) is 13.7. The number of carbonyl (C=O) groups is 2. The van der Waals surface area contributed by atoms with Crippen LogP contribution in [0.5, 0.6) is 34.5 Å². The molecule has 7 aliphatic heterocycles. The van der Waals surface area contributed by atoms with Crippen molar-refractivity contribution in [3.8, 4) is 34.5 Å². The predicted octanol–water partition coefficient (Wildman–Crippen LogP) is 4.59.